The number of fused-ring (bicyclic) bond motifs is 3. The van der Waals surface area contributed by atoms with Crippen molar-refractivity contribution in [2.75, 3.05) is 29.9 Å². The van der Waals surface area contributed by atoms with Crippen molar-refractivity contribution in [3.8, 4) is 5.88 Å². The normalized spacial score (nSPS) is 23.9. The number of alkyl halides is 3. The average Bonchev–Trinajstić information content (AvgIpc) is 3.36. The number of rotatable bonds is 5. The largest absolute Gasteiger partial charge is 0.468 e. The second-order valence-electron chi connectivity index (χ2n) is 7.95. The maximum atomic E-state index is 12.5. The summed E-state index contributed by atoms with van der Waals surface area (Å²) in [6.45, 7) is 2.53. The number of hydrogen-bond donors (Lipinski definition) is 1. The molecule has 1 aliphatic heterocycles. The molecule has 1 aliphatic carbocycles. The molecule has 0 aromatic carbocycles. The number of anilines is 2. The Kier molecular flexibility index (Phi) is 4.72. The van der Waals surface area contributed by atoms with Crippen molar-refractivity contribution >= 4 is 28.1 Å². The highest BCUT2D eigenvalue weighted by molar-refractivity contribution is 7.10. The van der Waals surface area contributed by atoms with Crippen LogP contribution in [0.1, 0.15) is 18.5 Å². The number of hydrogen-bond acceptors (Lipinski definition) is 7. The number of nitrogens with one attached hydrogen (secondary N) is 1. The molecule has 5 rings (SSSR count). The molecule has 4 heterocycles. The van der Waals surface area contributed by atoms with Gasteiger partial charge in [0, 0.05) is 25.2 Å². The van der Waals surface area contributed by atoms with Crippen LogP contribution in [0.4, 0.5) is 24.1 Å². The Morgan fingerprint density at radius 2 is 2.00 bits per heavy atom. The molecule has 30 heavy (non-hydrogen) atoms. The fourth-order valence-corrected chi connectivity index (χ4v) is 5.27. The number of aryl methyl sites for hydroxylation is 1. The van der Waals surface area contributed by atoms with Gasteiger partial charge in [0.15, 0.2) is 12.3 Å². The maximum absolute atomic E-state index is 12.5. The summed E-state index contributed by atoms with van der Waals surface area (Å²) in [6.07, 6.45) is -2.15. The SMILES string of the molecule is Cc1cc(N2CC3CCC(C2)C3Nc2nc3cccc(OCC(F)(F)F)n3n2)sn1. The van der Waals surface area contributed by atoms with Gasteiger partial charge < -0.3 is 15.0 Å². The molecule has 0 spiro atoms. The summed E-state index contributed by atoms with van der Waals surface area (Å²) in [5, 5.41) is 9.02. The van der Waals surface area contributed by atoms with Gasteiger partial charge in [-0.1, -0.05) is 6.07 Å². The number of nitrogens with zero attached hydrogens (tertiary/aromatic N) is 5. The third kappa shape index (κ3) is 3.78. The quantitative estimate of drug-likeness (QED) is 0.654. The summed E-state index contributed by atoms with van der Waals surface area (Å²) in [5.74, 6) is 1.35. The molecule has 2 bridgehead atoms. The molecule has 1 saturated heterocycles. The molecule has 2 atom stereocenters. The van der Waals surface area contributed by atoms with Crippen LogP contribution in [0.3, 0.4) is 0 Å². The van der Waals surface area contributed by atoms with Gasteiger partial charge in [0.1, 0.15) is 5.00 Å². The molecular weight excluding hydrogens is 417 g/mol. The van der Waals surface area contributed by atoms with Crippen molar-refractivity contribution < 1.29 is 17.9 Å². The lowest BCUT2D eigenvalue weighted by atomic mass is 9.92. The van der Waals surface area contributed by atoms with Crippen molar-refractivity contribution in [2.24, 2.45) is 11.8 Å². The van der Waals surface area contributed by atoms with E-state index in [0.29, 0.717) is 23.4 Å². The summed E-state index contributed by atoms with van der Waals surface area (Å²) >= 11 is 1.54. The number of aromatic nitrogens is 4. The van der Waals surface area contributed by atoms with E-state index in [9.17, 15) is 13.2 Å². The summed E-state index contributed by atoms with van der Waals surface area (Å²) in [4.78, 5) is 6.86. The molecule has 1 N–H and O–H groups in total. The minimum atomic E-state index is -4.41. The average molecular weight is 438 g/mol. The molecule has 7 nitrogen and oxygen atoms in total. The van der Waals surface area contributed by atoms with Gasteiger partial charge in [-0.15, -0.1) is 5.10 Å². The number of ether oxygens (including phenoxy) is 1. The lowest BCUT2D eigenvalue weighted by molar-refractivity contribution is -0.154. The Labute approximate surface area is 175 Å². The van der Waals surface area contributed by atoms with E-state index in [1.807, 2.05) is 6.92 Å². The minimum Gasteiger partial charge on any atom is -0.468 e. The molecule has 2 unspecified atom stereocenters. The Hall–Kier alpha value is -2.56. The second-order valence-corrected chi connectivity index (χ2v) is 8.74. The standard InChI is InChI=1S/C19H21F3N6OS/c1-11-7-16(30-26-11)27-8-12-5-6-13(9-27)17(12)24-18-23-14-3-2-4-15(28(14)25-18)29-10-19(20,21)22/h2-4,7,12-13,17H,5-6,8-10H2,1H3,(H,24,25). The van der Waals surface area contributed by atoms with Crippen LogP contribution in [0.2, 0.25) is 0 Å². The first-order valence-electron chi connectivity index (χ1n) is 9.86. The summed E-state index contributed by atoms with van der Waals surface area (Å²) in [5.41, 5.74) is 1.49. The predicted molar refractivity (Wildman–Crippen MR) is 107 cm³/mol. The summed E-state index contributed by atoms with van der Waals surface area (Å²) in [6, 6.07) is 7.13. The topological polar surface area (TPSA) is 67.6 Å². The molecular formula is C19H21F3N6OS. The predicted octanol–water partition coefficient (Wildman–Crippen LogP) is 3.76. The van der Waals surface area contributed by atoms with E-state index >= 15 is 0 Å². The van der Waals surface area contributed by atoms with Gasteiger partial charge in [-0.05, 0) is 55.3 Å². The van der Waals surface area contributed by atoms with Gasteiger partial charge in [0.05, 0.1) is 5.69 Å². The molecule has 0 amide bonds. The van der Waals surface area contributed by atoms with E-state index in [4.69, 9.17) is 4.74 Å². The molecule has 2 aliphatic rings. The maximum Gasteiger partial charge on any atom is 0.422 e. The molecule has 0 radical (unpaired) electrons. The Morgan fingerprint density at radius 1 is 1.23 bits per heavy atom. The lowest BCUT2D eigenvalue weighted by Gasteiger charge is -2.38. The first-order chi connectivity index (χ1) is 14.4. The highest BCUT2D eigenvalue weighted by atomic mass is 32.1. The fourth-order valence-electron chi connectivity index (χ4n) is 4.49. The van der Waals surface area contributed by atoms with Crippen molar-refractivity contribution in [3.05, 3.63) is 30.0 Å². The van der Waals surface area contributed by atoms with Crippen LogP contribution in [-0.2, 0) is 0 Å². The van der Waals surface area contributed by atoms with E-state index in [0.717, 1.165) is 31.6 Å². The Bertz CT molecular complexity index is 1040. The molecule has 11 heteroatoms. The third-order valence-electron chi connectivity index (χ3n) is 5.77. The molecule has 3 aromatic heterocycles. The zero-order valence-electron chi connectivity index (χ0n) is 16.3. The van der Waals surface area contributed by atoms with Crippen LogP contribution in [-0.4, -0.2) is 50.9 Å². The first-order valence-corrected chi connectivity index (χ1v) is 10.6. The zero-order chi connectivity index (χ0) is 20.9. The summed E-state index contributed by atoms with van der Waals surface area (Å²) in [7, 11) is 0. The Balaban J connectivity index is 1.31. The van der Waals surface area contributed by atoms with Crippen LogP contribution in [0, 0.1) is 18.8 Å². The number of halogens is 3. The van der Waals surface area contributed by atoms with E-state index in [2.05, 4.69) is 30.7 Å². The number of pyridine rings is 1. The van der Waals surface area contributed by atoms with Crippen molar-refractivity contribution in [3.63, 3.8) is 0 Å². The first kappa shape index (κ1) is 19.4. The lowest BCUT2D eigenvalue weighted by Crippen LogP contribution is -2.48. The zero-order valence-corrected chi connectivity index (χ0v) is 17.1. The molecule has 160 valence electrons. The van der Waals surface area contributed by atoms with Gasteiger partial charge in [0.2, 0.25) is 11.8 Å². The second kappa shape index (κ2) is 7.29. The molecule has 1 saturated carbocycles. The van der Waals surface area contributed by atoms with Crippen molar-refractivity contribution in [2.45, 2.75) is 32.0 Å². The van der Waals surface area contributed by atoms with Gasteiger partial charge in [-0.2, -0.15) is 27.0 Å². The smallest absolute Gasteiger partial charge is 0.422 e. The van der Waals surface area contributed by atoms with E-state index in [1.165, 1.54) is 27.1 Å². The van der Waals surface area contributed by atoms with Crippen LogP contribution < -0.4 is 15.0 Å². The van der Waals surface area contributed by atoms with E-state index in [1.54, 1.807) is 12.1 Å². The van der Waals surface area contributed by atoms with Crippen molar-refractivity contribution in [1.82, 2.24) is 19.0 Å². The van der Waals surface area contributed by atoms with Crippen LogP contribution >= 0.6 is 11.5 Å². The monoisotopic (exact) mass is 438 g/mol. The minimum absolute atomic E-state index is 0.0173. The van der Waals surface area contributed by atoms with Gasteiger partial charge in [-0.3, -0.25) is 0 Å². The molecule has 3 aromatic rings. The number of piperidine rings is 1. The fraction of sp³-hybridized carbons (Fsp3) is 0.526. The highest BCUT2D eigenvalue weighted by Crippen LogP contribution is 2.40. The van der Waals surface area contributed by atoms with Crippen LogP contribution in [0.5, 0.6) is 5.88 Å². The highest BCUT2D eigenvalue weighted by Gasteiger charge is 2.43. The van der Waals surface area contributed by atoms with Gasteiger partial charge >= 0.3 is 6.18 Å². The van der Waals surface area contributed by atoms with Crippen LogP contribution in [0.15, 0.2) is 24.3 Å². The molecule has 2 fully saturated rings. The van der Waals surface area contributed by atoms with E-state index < -0.39 is 12.8 Å². The van der Waals surface area contributed by atoms with Crippen molar-refractivity contribution in [1.29, 1.82) is 0 Å². The van der Waals surface area contributed by atoms with E-state index in [-0.39, 0.29) is 11.9 Å². The van der Waals surface area contributed by atoms with Gasteiger partial charge in [-0.25, -0.2) is 0 Å². The summed E-state index contributed by atoms with van der Waals surface area (Å²) < 4.78 is 48.1. The third-order valence-corrected chi connectivity index (χ3v) is 6.71. The van der Waals surface area contributed by atoms with Gasteiger partial charge in [0.25, 0.3) is 0 Å². The van der Waals surface area contributed by atoms with Crippen LogP contribution in [0.25, 0.3) is 5.65 Å². The Morgan fingerprint density at radius 3 is 2.67 bits per heavy atom.